The minimum Gasteiger partial charge on any atom is -0.349 e. The average Bonchev–Trinajstić information content (AvgIpc) is 2.28. The quantitative estimate of drug-likeness (QED) is 0.821. The second-order valence-electron chi connectivity index (χ2n) is 4.28. The van der Waals surface area contributed by atoms with Crippen LogP contribution in [0, 0.1) is 5.92 Å². The molecule has 0 heterocycles. The number of carbonyl (C=O) groups excluding carboxylic acids is 1. The van der Waals surface area contributed by atoms with Crippen molar-refractivity contribution < 1.29 is 4.79 Å². The second-order valence-corrected chi connectivity index (χ2v) is 5.51. The van der Waals surface area contributed by atoms with Gasteiger partial charge in [0.2, 0.25) is 0 Å². The maximum atomic E-state index is 12.1. The molecule has 1 aromatic rings. The predicted molar refractivity (Wildman–Crippen MR) is 75.6 cm³/mol. The van der Waals surface area contributed by atoms with Gasteiger partial charge in [-0.05, 0) is 40.4 Å². The van der Waals surface area contributed by atoms with Gasteiger partial charge < -0.3 is 5.32 Å². The zero-order chi connectivity index (χ0) is 12.8. The summed E-state index contributed by atoms with van der Waals surface area (Å²) in [5.41, 5.74) is 0.660. The minimum absolute atomic E-state index is 0.0544. The highest BCUT2D eigenvalue weighted by atomic mass is 79.9. The molecule has 0 aromatic heterocycles. The smallest absolute Gasteiger partial charge is 0.252 e. The number of halogens is 2. The molecule has 0 saturated heterocycles. The number of benzene rings is 1. The standard InChI is InChI=1S/C13H17BrClNO/c1-9(2)12(7-8-15)16-13(17)10-5-3-4-6-11(10)14/h3-6,9,12H,7-8H2,1-2H3,(H,16,17). The van der Waals surface area contributed by atoms with Crippen molar-refractivity contribution in [3.05, 3.63) is 34.3 Å². The van der Waals surface area contributed by atoms with Crippen molar-refractivity contribution in [2.75, 3.05) is 5.88 Å². The lowest BCUT2D eigenvalue weighted by molar-refractivity contribution is 0.0924. The summed E-state index contributed by atoms with van der Waals surface area (Å²) in [6, 6.07) is 7.52. The van der Waals surface area contributed by atoms with Crippen LogP contribution < -0.4 is 5.32 Å². The highest BCUT2D eigenvalue weighted by Gasteiger charge is 2.17. The molecule has 4 heteroatoms. The molecule has 0 saturated carbocycles. The Morgan fingerprint density at radius 3 is 2.59 bits per heavy atom. The van der Waals surface area contributed by atoms with E-state index in [-0.39, 0.29) is 11.9 Å². The number of carbonyl (C=O) groups is 1. The van der Waals surface area contributed by atoms with E-state index in [0.29, 0.717) is 17.4 Å². The fourth-order valence-electron chi connectivity index (χ4n) is 1.58. The van der Waals surface area contributed by atoms with Crippen molar-refractivity contribution in [2.24, 2.45) is 5.92 Å². The summed E-state index contributed by atoms with van der Waals surface area (Å²) in [4.78, 5) is 12.1. The van der Waals surface area contributed by atoms with Crippen LogP contribution in [0.4, 0.5) is 0 Å². The molecule has 0 aliphatic heterocycles. The number of hydrogen-bond acceptors (Lipinski definition) is 1. The van der Waals surface area contributed by atoms with E-state index in [1.807, 2.05) is 18.2 Å². The van der Waals surface area contributed by atoms with E-state index >= 15 is 0 Å². The van der Waals surface area contributed by atoms with E-state index in [4.69, 9.17) is 11.6 Å². The molecule has 0 bridgehead atoms. The summed E-state index contributed by atoms with van der Waals surface area (Å²) < 4.78 is 0.811. The Bertz CT molecular complexity index is 381. The summed E-state index contributed by atoms with van der Waals surface area (Å²) in [5.74, 6) is 0.875. The average molecular weight is 319 g/mol. The first-order valence-corrected chi connectivity index (χ1v) is 7.00. The predicted octanol–water partition coefficient (Wildman–Crippen LogP) is 3.83. The molecule has 0 radical (unpaired) electrons. The maximum absolute atomic E-state index is 12.1. The minimum atomic E-state index is -0.0544. The molecule has 17 heavy (non-hydrogen) atoms. The summed E-state index contributed by atoms with van der Waals surface area (Å²) in [7, 11) is 0. The third-order valence-corrected chi connectivity index (χ3v) is 3.57. The highest BCUT2D eigenvalue weighted by molar-refractivity contribution is 9.10. The molecule has 1 amide bonds. The van der Waals surface area contributed by atoms with E-state index < -0.39 is 0 Å². The van der Waals surface area contributed by atoms with Crippen LogP contribution in [0.25, 0.3) is 0 Å². The first-order chi connectivity index (χ1) is 8.06. The van der Waals surface area contributed by atoms with Crippen molar-refractivity contribution in [3.8, 4) is 0 Å². The Kier molecular flexibility index (Phi) is 6.00. The van der Waals surface area contributed by atoms with Gasteiger partial charge in [0, 0.05) is 16.4 Å². The Morgan fingerprint density at radius 2 is 2.06 bits per heavy atom. The van der Waals surface area contributed by atoms with Gasteiger partial charge in [0.25, 0.3) is 5.91 Å². The van der Waals surface area contributed by atoms with Crippen molar-refractivity contribution in [1.29, 1.82) is 0 Å². The number of amides is 1. The van der Waals surface area contributed by atoms with Crippen molar-refractivity contribution in [2.45, 2.75) is 26.3 Å². The fraction of sp³-hybridized carbons (Fsp3) is 0.462. The summed E-state index contributed by atoms with van der Waals surface area (Å²) >= 11 is 9.12. The third kappa shape index (κ3) is 4.32. The molecule has 1 atom stereocenters. The van der Waals surface area contributed by atoms with Gasteiger partial charge in [0.1, 0.15) is 0 Å². The molecule has 0 aliphatic carbocycles. The number of alkyl halides is 1. The van der Waals surface area contributed by atoms with Crippen LogP contribution in [0.5, 0.6) is 0 Å². The maximum Gasteiger partial charge on any atom is 0.252 e. The lowest BCUT2D eigenvalue weighted by atomic mass is 10.0. The van der Waals surface area contributed by atoms with Gasteiger partial charge in [0.05, 0.1) is 5.56 Å². The van der Waals surface area contributed by atoms with Gasteiger partial charge in [-0.2, -0.15) is 0 Å². The zero-order valence-electron chi connectivity index (χ0n) is 10.0. The van der Waals surface area contributed by atoms with E-state index in [9.17, 15) is 4.79 Å². The molecule has 1 N–H and O–H groups in total. The normalized spacial score (nSPS) is 12.5. The molecule has 1 aromatic carbocycles. The SMILES string of the molecule is CC(C)C(CCCl)NC(=O)c1ccccc1Br. The molecule has 1 rings (SSSR count). The monoisotopic (exact) mass is 317 g/mol. The largest absolute Gasteiger partial charge is 0.349 e. The van der Waals surface area contributed by atoms with Crippen LogP contribution in [-0.2, 0) is 0 Å². The topological polar surface area (TPSA) is 29.1 Å². The van der Waals surface area contributed by atoms with Gasteiger partial charge >= 0.3 is 0 Å². The number of nitrogens with one attached hydrogen (secondary N) is 1. The van der Waals surface area contributed by atoms with Crippen LogP contribution in [-0.4, -0.2) is 17.8 Å². The zero-order valence-corrected chi connectivity index (χ0v) is 12.4. The van der Waals surface area contributed by atoms with Crippen molar-refractivity contribution in [1.82, 2.24) is 5.32 Å². The molecule has 0 spiro atoms. The van der Waals surface area contributed by atoms with Crippen LogP contribution >= 0.6 is 27.5 Å². The summed E-state index contributed by atoms with van der Waals surface area (Å²) in [6.07, 6.45) is 0.787. The number of hydrogen-bond donors (Lipinski definition) is 1. The van der Waals surface area contributed by atoms with E-state index in [1.165, 1.54) is 0 Å². The Balaban J connectivity index is 2.74. The van der Waals surface area contributed by atoms with Gasteiger partial charge in [0.15, 0.2) is 0 Å². The first-order valence-electron chi connectivity index (χ1n) is 5.67. The van der Waals surface area contributed by atoms with Crippen LogP contribution in [0.2, 0.25) is 0 Å². The van der Waals surface area contributed by atoms with Gasteiger partial charge in [-0.3, -0.25) is 4.79 Å². The van der Waals surface area contributed by atoms with Crippen LogP contribution in [0.3, 0.4) is 0 Å². The van der Waals surface area contributed by atoms with Gasteiger partial charge in [-0.15, -0.1) is 11.6 Å². The Morgan fingerprint density at radius 1 is 1.41 bits per heavy atom. The van der Waals surface area contributed by atoms with Gasteiger partial charge in [-0.1, -0.05) is 26.0 Å². The highest BCUT2D eigenvalue weighted by Crippen LogP contribution is 2.17. The van der Waals surface area contributed by atoms with E-state index in [1.54, 1.807) is 6.07 Å². The van der Waals surface area contributed by atoms with Crippen molar-refractivity contribution >= 4 is 33.4 Å². The van der Waals surface area contributed by atoms with Crippen LogP contribution in [0.15, 0.2) is 28.7 Å². The molecule has 0 fully saturated rings. The van der Waals surface area contributed by atoms with Crippen LogP contribution in [0.1, 0.15) is 30.6 Å². The van der Waals surface area contributed by atoms with E-state index in [0.717, 1.165) is 10.9 Å². The Hall–Kier alpha value is -0.540. The van der Waals surface area contributed by atoms with E-state index in [2.05, 4.69) is 35.1 Å². The lowest BCUT2D eigenvalue weighted by Gasteiger charge is -2.21. The second kappa shape index (κ2) is 7.02. The summed E-state index contributed by atoms with van der Waals surface area (Å²) in [6.45, 7) is 4.16. The Labute approximate surface area is 116 Å². The molecule has 0 aliphatic rings. The molecule has 2 nitrogen and oxygen atoms in total. The molecular weight excluding hydrogens is 302 g/mol. The first kappa shape index (κ1) is 14.5. The van der Waals surface area contributed by atoms with Crippen molar-refractivity contribution in [3.63, 3.8) is 0 Å². The molecule has 94 valence electrons. The fourth-order valence-corrected chi connectivity index (χ4v) is 2.28. The number of rotatable bonds is 5. The summed E-state index contributed by atoms with van der Waals surface area (Å²) in [5, 5.41) is 3.02. The molecule has 1 unspecified atom stereocenters. The molecular formula is C13H17BrClNO. The van der Waals surface area contributed by atoms with Gasteiger partial charge in [-0.25, -0.2) is 0 Å². The lowest BCUT2D eigenvalue weighted by Crippen LogP contribution is -2.39. The third-order valence-electron chi connectivity index (χ3n) is 2.66.